The quantitative estimate of drug-likeness (QED) is 0.710. The van der Waals surface area contributed by atoms with E-state index in [0.29, 0.717) is 18.5 Å². The molecule has 104 valence electrons. The standard InChI is InChI=1S/C14H18FNO3/c15-10-4-2-1-3-5-13(17)16-12-8-6-11(7-9-12)14(18)19/h6-9H,1-5,10H2,(H,16,17)(H,18,19). The van der Waals surface area contributed by atoms with Gasteiger partial charge in [0.2, 0.25) is 5.91 Å². The van der Waals surface area contributed by atoms with Crippen molar-refractivity contribution < 1.29 is 19.1 Å². The molecule has 19 heavy (non-hydrogen) atoms. The number of unbranched alkanes of at least 4 members (excludes halogenated alkanes) is 3. The van der Waals surface area contributed by atoms with Crippen LogP contribution >= 0.6 is 0 Å². The number of hydrogen-bond acceptors (Lipinski definition) is 2. The molecule has 1 rings (SSSR count). The molecular formula is C14H18FNO3. The SMILES string of the molecule is O=C(CCCCCCF)Nc1ccc(C(=O)O)cc1. The van der Waals surface area contributed by atoms with Gasteiger partial charge in [0.1, 0.15) is 0 Å². The number of carbonyl (C=O) groups is 2. The van der Waals surface area contributed by atoms with Crippen molar-refractivity contribution in [3.8, 4) is 0 Å². The minimum absolute atomic E-state index is 0.108. The van der Waals surface area contributed by atoms with E-state index in [1.807, 2.05) is 0 Å². The normalized spacial score (nSPS) is 10.2. The van der Waals surface area contributed by atoms with Crippen molar-refractivity contribution in [2.45, 2.75) is 32.1 Å². The Hall–Kier alpha value is -1.91. The van der Waals surface area contributed by atoms with Crippen LogP contribution in [-0.2, 0) is 4.79 Å². The Morgan fingerprint density at radius 3 is 2.26 bits per heavy atom. The smallest absolute Gasteiger partial charge is 0.335 e. The molecule has 0 heterocycles. The maximum atomic E-state index is 11.8. The van der Waals surface area contributed by atoms with E-state index >= 15 is 0 Å². The van der Waals surface area contributed by atoms with Crippen molar-refractivity contribution in [1.29, 1.82) is 0 Å². The number of alkyl halides is 1. The molecule has 0 atom stereocenters. The van der Waals surface area contributed by atoms with Crippen molar-refractivity contribution in [2.75, 3.05) is 12.0 Å². The number of rotatable bonds is 8. The number of carboxylic acids is 1. The highest BCUT2D eigenvalue weighted by atomic mass is 19.1. The Kier molecular flexibility index (Phi) is 6.57. The van der Waals surface area contributed by atoms with E-state index in [2.05, 4.69) is 5.32 Å². The van der Waals surface area contributed by atoms with Gasteiger partial charge in [-0.1, -0.05) is 12.8 Å². The molecule has 0 bridgehead atoms. The van der Waals surface area contributed by atoms with Crippen LogP contribution in [0.15, 0.2) is 24.3 Å². The van der Waals surface area contributed by atoms with Gasteiger partial charge in [0, 0.05) is 12.1 Å². The summed E-state index contributed by atoms with van der Waals surface area (Å²) in [5, 5.41) is 11.4. The summed E-state index contributed by atoms with van der Waals surface area (Å²) in [6.07, 6.45) is 3.33. The molecule has 0 aliphatic carbocycles. The van der Waals surface area contributed by atoms with Crippen molar-refractivity contribution in [3.63, 3.8) is 0 Å². The number of hydrogen-bond donors (Lipinski definition) is 2. The van der Waals surface area contributed by atoms with Gasteiger partial charge in [-0.2, -0.15) is 0 Å². The summed E-state index contributed by atoms with van der Waals surface area (Å²) < 4.78 is 11.8. The van der Waals surface area contributed by atoms with E-state index in [9.17, 15) is 14.0 Å². The first-order chi connectivity index (χ1) is 9.13. The van der Waals surface area contributed by atoms with E-state index in [-0.39, 0.29) is 18.1 Å². The van der Waals surface area contributed by atoms with Crippen LogP contribution in [-0.4, -0.2) is 23.7 Å². The number of nitrogens with one attached hydrogen (secondary N) is 1. The number of carbonyl (C=O) groups excluding carboxylic acids is 1. The molecule has 0 spiro atoms. The summed E-state index contributed by atoms with van der Waals surface area (Å²) in [7, 11) is 0. The molecule has 1 aromatic rings. The fraction of sp³-hybridized carbons (Fsp3) is 0.429. The second-order valence-corrected chi connectivity index (χ2v) is 4.28. The van der Waals surface area contributed by atoms with Crippen LogP contribution in [0, 0.1) is 0 Å². The van der Waals surface area contributed by atoms with Crippen molar-refractivity contribution in [2.24, 2.45) is 0 Å². The van der Waals surface area contributed by atoms with Crippen LogP contribution in [0.5, 0.6) is 0 Å². The summed E-state index contributed by atoms with van der Waals surface area (Å²) in [6, 6.07) is 6.01. The zero-order valence-electron chi connectivity index (χ0n) is 10.7. The first-order valence-electron chi connectivity index (χ1n) is 6.32. The number of amides is 1. The lowest BCUT2D eigenvalue weighted by Gasteiger charge is -2.05. The highest BCUT2D eigenvalue weighted by Gasteiger charge is 2.04. The second kappa shape index (κ2) is 8.24. The van der Waals surface area contributed by atoms with Crippen molar-refractivity contribution in [1.82, 2.24) is 0 Å². The number of aromatic carboxylic acids is 1. The highest BCUT2D eigenvalue weighted by Crippen LogP contribution is 2.11. The zero-order chi connectivity index (χ0) is 14.1. The average Bonchev–Trinajstić information content (AvgIpc) is 2.39. The van der Waals surface area contributed by atoms with Crippen LogP contribution in [0.25, 0.3) is 0 Å². The molecule has 2 N–H and O–H groups in total. The van der Waals surface area contributed by atoms with Gasteiger partial charge in [0.15, 0.2) is 0 Å². The molecule has 0 aliphatic heterocycles. The molecule has 5 heteroatoms. The summed E-state index contributed by atoms with van der Waals surface area (Å²) in [5.41, 5.74) is 0.767. The summed E-state index contributed by atoms with van der Waals surface area (Å²) >= 11 is 0. The monoisotopic (exact) mass is 267 g/mol. The summed E-state index contributed by atoms with van der Waals surface area (Å²) in [4.78, 5) is 22.2. The molecule has 0 fully saturated rings. The molecule has 0 saturated heterocycles. The van der Waals surface area contributed by atoms with Gasteiger partial charge >= 0.3 is 5.97 Å². The molecule has 0 aliphatic rings. The number of benzene rings is 1. The molecule has 4 nitrogen and oxygen atoms in total. The second-order valence-electron chi connectivity index (χ2n) is 4.28. The molecule has 1 amide bonds. The molecule has 0 unspecified atom stereocenters. The summed E-state index contributed by atoms with van der Waals surface area (Å²) in [6.45, 7) is -0.303. The minimum Gasteiger partial charge on any atom is -0.478 e. The molecule has 0 radical (unpaired) electrons. The third-order valence-corrected chi connectivity index (χ3v) is 2.70. The number of anilines is 1. The lowest BCUT2D eigenvalue weighted by atomic mass is 10.1. The Morgan fingerprint density at radius 2 is 1.68 bits per heavy atom. The predicted octanol–water partition coefficient (Wildman–Crippen LogP) is 3.24. The van der Waals surface area contributed by atoms with Gasteiger partial charge in [-0.15, -0.1) is 0 Å². The molecule has 1 aromatic carbocycles. The van der Waals surface area contributed by atoms with Gasteiger partial charge in [0.05, 0.1) is 12.2 Å². The topological polar surface area (TPSA) is 66.4 Å². The van der Waals surface area contributed by atoms with E-state index < -0.39 is 5.97 Å². The van der Waals surface area contributed by atoms with Crippen LogP contribution in [0.3, 0.4) is 0 Å². The maximum Gasteiger partial charge on any atom is 0.335 e. The number of carboxylic acid groups (broad SMARTS) is 1. The van der Waals surface area contributed by atoms with Crippen LogP contribution in [0.2, 0.25) is 0 Å². The van der Waals surface area contributed by atoms with Crippen LogP contribution in [0.4, 0.5) is 10.1 Å². The van der Waals surface area contributed by atoms with Crippen LogP contribution in [0.1, 0.15) is 42.5 Å². The third kappa shape index (κ3) is 5.99. The van der Waals surface area contributed by atoms with E-state index in [1.54, 1.807) is 12.1 Å². The summed E-state index contributed by atoms with van der Waals surface area (Å²) in [5.74, 6) is -1.10. The van der Waals surface area contributed by atoms with Gasteiger partial charge in [-0.3, -0.25) is 9.18 Å². The van der Waals surface area contributed by atoms with Crippen molar-refractivity contribution >= 4 is 17.6 Å². The lowest BCUT2D eigenvalue weighted by molar-refractivity contribution is -0.116. The van der Waals surface area contributed by atoms with Gasteiger partial charge in [-0.25, -0.2) is 4.79 Å². The minimum atomic E-state index is -0.995. The Labute approximate surface area is 111 Å². The number of halogens is 1. The molecule has 0 aromatic heterocycles. The zero-order valence-corrected chi connectivity index (χ0v) is 10.7. The Bertz CT molecular complexity index is 417. The average molecular weight is 267 g/mol. The molecular weight excluding hydrogens is 249 g/mol. The molecule has 0 saturated carbocycles. The predicted molar refractivity (Wildman–Crippen MR) is 71.1 cm³/mol. The third-order valence-electron chi connectivity index (χ3n) is 2.70. The van der Waals surface area contributed by atoms with Crippen molar-refractivity contribution in [3.05, 3.63) is 29.8 Å². The van der Waals surface area contributed by atoms with E-state index in [0.717, 1.165) is 19.3 Å². The van der Waals surface area contributed by atoms with Gasteiger partial charge in [0.25, 0.3) is 0 Å². The Balaban J connectivity index is 2.30. The van der Waals surface area contributed by atoms with Gasteiger partial charge in [-0.05, 0) is 37.1 Å². The fourth-order valence-corrected chi connectivity index (χ4v) is 1.65. The van der Waals surface area contributed by atoms with Gasteiger partial charge < -0.3 is 10.4 Å². The first kappa shape index (κ1) is 15.1. The maximum absolute atomic E-state index is 11.8. The Morgan fingerprint density at radius 1 is 1.05 bits per heavy atom. The van der Waals surface area contributed by atoms with E-state index in [1.165, 1.54) is 12.1 Å². The fourth-order valence-electron chi connectivity index (χ4n) is 1.65. The van der Waals surface area contributed by atoms with E-state index in [4.69, 9.17) is 5.11 Å². The highest BCUT2D eigenvalue weighted by molar-refractivity contribution is 5.92. The first-order valence-corrected chi connectivity index (χ1v) is 6.32. The van der Waals surface area contributed by atoms with Crippen LogP contribution < -0.4 is 5.32 Å². The largest absolute Gasteiger partial charge is 0.478 e. The lowest BCUT2D eigenvalue weighted by Crippen LogP contribution is -2.11.